The molecule has 0 spiro atoms. The summed E-state index contributed by atoms with van der Waals surface area (Å²) in [5.41, 5.74) is 1.80. The van der Waals surface area contributed by atoms with Gasteiger partial charge in [0.15, 0.2) is 17.3 Å². The first-order chi connectivity index (χ1) is 11.3. The standard InChI is InChI=1S/C17H20N4O2/c1-12-18-17(20-23-12)14-7-4-10-21(14)11-5-9-16-19-13-6-2-3-8-15(13)22-16/h2-3,6,8,14H,4-5,7,9-11H2,1H3/t14-/m0/s1. The van der Waals surface area contributed by atoms with E-state index in [1.54, 1.807) is 0 Å². The number of nitrogens with zero attached hydrogens (tertiary/aromatic N) is 4. The van der Waals surface area contributed by atoms with Crippen molar-refractivity contribution >= 4 is 11.1 Å². The van der Waals surface area contributed by atoms with Crippen molar-refractivity contribution in [2.45, 2.75) is 38.6 Å². The van der Waals surface area contributed by atoms with E-state index in [1.165, 1.54) is 6.42 Å². The van der Waals surface area contributed by atoms with Gasteiger partial charge in [0.05, 0.1) is 6.04 Å². The van der Waals surface area contributed by atoms with Gasteiger partial charge in [-0.1, -0.05) is 17.3 Å². The van der Waals surface area contributed by atoms with Crippen LogP contribution >= 0.6 is 0 Å². The zero-order valence-electron chi connectivity index (χ0n) is 13.2. The van der Waals surface area contributed by atoms with Crippen LogP contribution in [0.2, 0.25) is 0 Å². The third kappa shape index (κ3) is 2.99. The Morgan fingerprint density at radius 1 is 1.26 bits per heavy atom. The fraction of sp³-hybridized carbons (Fsp3) is 0.471. The average Bonchev–Trinajstić information content (AvgIpc) is 3.25. The summed E-state index contributed by atoms with van der Waals surface area (Å²) in [6.45, 7) is 3.92. The van der Waals surface area contributed by atoms with Crippen LogP contribution in [-0.2, 0) is 6.42 Å². The molecule has 3 aromatic rings. The number of hydrogen-bond acceptors (Lipinski definition) is 6. The molecule has 0 radical (unpaired) electrons. The van der Waals surface area contributed by atoms with Crippen LogP contribution in [0.1, 0.15) is 42.9 Å². The number of fused-ring (bicyclic) bond motifs is 1. The van der Waals surface area contributed by atoms with E-state index in [2.05, 4.69) is 20.0 Å². The predicted octanol–water partition coefficient (Wildman–Crippen LogP) is 3.29. The quantitative estimate of drug-likeness (QED) is 0.720. The van der Waals surface area contributed by atoms with Gasteiger partial charge in [0, 0.05) is 13.3 Å². The molecule has 1 aliphatic heterocycles. The number of hydrogen-bond donors (Lipinski definition) is 0. The van der Waals surface area contributed by atoms with Crippen LogP contribution in [0, 0.1) is 6.92 Å². The summed E-state index contributed by atoms with van der Waals surface area (Å²) in [6, 6.07) is 8.18. The molecule has 23 heavy (non-hydrogen) atoms. The van der Waals surface area contributed by atoms with E-state index in [1.807, 2.05) is 31.2 Å². The number of aromatic nitrogens is 3. The molecule has 4 rings (SSSR count). The Morgan fingerprint density at radius 3 is 3.00 bits per heavy atom. The molecule has 0 bridgehead atoms. The third-order valence-corrected chi connectivity index (χ3v) is 4.38. The Balaban J connectivity index is 1.36. The summed E-state index contributed by atoms with van der Waals surface area (Å²) in [7, 11) is 0. The van der Waals surface area contributed by atoms with Gasteiger partial charge < -0.3 is 8.94 Å². The molecule has 1 atom stereocenters. The van der Waals surface area contributed by atoms with Crippen molar-refractivity contribution in [3.63, 3.8) is 0 Å². The molecule has 6 heteroatoms. The molecule has 2 aromatic heterocycles. The predicted molar refractivity (Wildman–Crippen MR) is 84.9 cm³/mol. The molecule has 6 nitrogen and oxygen atoms in total. The molecule has 1 saturated heterocycles. The van der Waals surface area contributed by atoms with Gasteiger partial charge >= 0.3 is 0 Å². The van der Waals surface area contributed by atoms with Crippen molar-refractivity contribution in [3.05, 3.63) is 41.9 Å². The highest BCUT2D eigenvalue weighted by molar-refractivity contribution is 5.72. The van der Waals surface area contributed by atoms with Gasteiger partial charge in [-0.25, -0.2) is 4.98 Å². The van der Waals surface area contributed by atoms with Gasteiger partial charge in [-0.15, -0.1) is 0 Å². The van der Waals surface area contributed by atoms with Crippen LogP contribution in [0.15, 0.2) is 33.2 Å². The summed E-state index contributed by atoms with van der Waals surface area (Å²) in [4.78, 5) is 11.4. The first-order valence-electron chi connectivity index (χ1n) is 8.18. The lowest BCUT2D eigenvalue weighted by molar-refractivity contribution is 0.238. The van der Waals surface area contributed by atoms with E-state index in [4.69, 9.17) is 8.94 Å². The van der Waals surface area contributed by atoms with E-state index in [9.17, 15) is 0 Å². The Bertz CT molecular complexity index is 762. The molecule has 120 valence electrons. The molecule has 0 aliphatic carbocycles. The molecule has 0 saturated carbocycles. The van der Waals surface area contributed by atoms with Crippen molar-refractivity contribution in [2.24, 2.45) is 0 Å². The van der Waals surface area contributed by atoms with Crippen molar-refractivity contribution in [3.8, 4) is 0 Å². The zero-order chi connectivity index (χ0) is 15.6. The highest BCUT2D eigenvalue weighted by atomic mass is 16.5. The second-order valence-electron chi connectivity index (χ2n) is 6.04. The lowest BCUT2D eigenvalue weighted by Crippen LogP contribution is -2.25. The lowest BCUT2D eigenvalue weighted by atomic mass is 10.2. The summed E-state index contributed by atoms with van der Waals surface area (Å²) < 4.78 is 10.9. The summed E-state index contributed by atoms with van der Waals surface area (Å²) in [5.74, 6) is 2.28. The topological polar surface area (TPSA) is 68.2 Å². The number of rotatable bonds is 5. The third-order valence-electron chi connectivity index (χ3n) is 4.38. The number of para-hydroxylation sites is 2. The highest BCUT2D eigenvalue weighted by Gasteiger charge is 2.29. The fourth-order valence-corrected chi connectivity index (χ4v) is 3.30. The molecular weight excluding hydrogens is 292 g/mol. The molecule has 0 unspecified atom stereocenters. The minimum absolute atomic E-state index is 0.288. The molecule has 1 aliphatic rings. The first kappa shape index (κ1) is 14.4. The Hall–Kier alpha value is -2.21. The van der Waals surface area contributed by atoms with E-state index in [-0.39, 0.29) is 6.04 Å². The van der Waals surface area contributed by atoms with Gasteiger partial charge in [0.25, 0.3) is 0 Å². The SMILES string of the molecule is Cc1nc([C@@H]2CCCN2CCCc2nc3ccccc3o2)no1. The Morgan fingerprint density at radius 2 is 2.17 bits per heavy atom. The van der Waals surface area contributed by atoms with E-state index in [0.717, 1.165) is 55.2 Å². The number of aryl methyl sites for hydroxylation is 2. The summed E-state index contributed by atoms with van der Waals surface area (Å²) in [5, 5.41) is 4.08. The summed E-state index contributed by atoms with van der Waals surface area (Å²) in [6.07, 6.45) is 4.15. The highest BCUT2D eigenvalue weighted by Crippen LogP contribution is 2.30. The maximum absolute atomic E-state index is 5.78. The van der Waals surface area contributed by atoms with Crippen LogP contribution < -0.4 is 0 Å². The van der Waals surface area contributed by atoms with Crippen LogP contribution in [0.25, 0.3) is 11.1 Å². The normalized spacial score (nSPS) is 18.9. The van der Waals surface area contributed by atoms with E-state index in [0.29, 0.717) is 5.89 Å². The van der Waals surface area contributed by atoms with Crippen LogP contribution in [0.4, 0.5) is 0 Å². The van der Waals surface area contributed by atoms with Gasteiger partial charge in [0.1, 0.15) is 5.52 Å². The van der Waals surface area contributed by atoms with Gasteiger partial charge in [-0.2, -0.15) is 4.98 Å². The minimum Gasteiger partial charge on any atom is -0.441 e. The lowest BCUT2D eigenvalue weighted by Gasteiger charge is -2.21. The van der Waals surface area contributed by atoms with Crippen LogP contribution in [-0.4, -0.2) is 33.1 Å². The van der Waals surface area contributed by atoms with Gasteiger partial charge in [-0.3, -0.25) is 4.90 Å². The van der Waals surface area contributed by atoms with Crippen molar-refractivity contribution in [1.82, 2.24) is 20.0 Å². The molecule has 1 aromatic carbocycles. The van der Waals surface area contributed by atoms with Crippen molar-refractivity contribution < 1.29 is 8.94 Å². The van der Waals surface area contributed by atoms with Gasteiger partial charge in [0.2, 0.25) is 5.89 Å². The summed E-state index contributed by atoms with van der Waals surface area (Å²) >= 11 is 0. The second-order valence-corrected chi connectivity index (χ2v) is 6.04. The largest absolute Gasteiger partial charge is 0.441 e. The fourth-order valence-electron chi connectivity index (χ4n) is 3.30. The monoisotopic (exact) mass is 312 g/mol. The van der Waals surface area contributed by atoms with E-state index >= 15 is 0 Å². The second kappa shape index (κ2) is 6.12. The number of likely N-dealkylation sites (tertiary alicyclic amines) is 1. The smallest absolute Gasteiger partial charge is 0.223 e. The number of benzene rings is 1. The van der Waals surface area contributed by atoms with Crippen LogP contribution in [0.3, 0.4) is 0 Å². The average molecular weight is 312 g/mol. The maximum atomic E-state index is 5.78. The molecule has 0 amide bonds. The maximum Gasteiger partial charge on any atom is 0.223 e. The molecular formula is C17H20N4O2. The van der Waals surface area contributed by atoms with Crippen molar-refractivity contribution in [2.75, 3.05) is 13.1 Å². The molecule has 0 N–H and O–H groups in total. The van der Waals surface area contributed by atoms with Gasteiger partial charge in [-0.05, 0) is 44.5 Å². The Kier molecular flexibility index (Phi) is 3.83. The van der Waals surface area contributed by atoms with Crippen molar-refractivity contribution in [1.29, 1.82) is 0 Å². The van der Waals surface area contributed by atoms with E-state index < -0.39 is 0 Å². The molecule has 3 heterocycles. The zero-order valence-corrected chi connectivity index (χ0v) is 13.2. The van der Waals surface area contributed by atoms with Crippen LogP contribution in [0.5, 0.6) is 0 Å². The minimum atomic E-state index is 0.288. The number of oxazole rings is 1. The Labute approximate surface area is 134 Å². The molecule has 1 fully saturated rings. The first-order valence-corrected chi connectivity index (χ1v) is 8.18.